The van der Waals surface area contributed by atoms with Gasteiger partial charge in [0.2, 0.25) is 0 Å². The Bertz CT molecular complexity index is 856. The van der Waals surface area contributed by atoms with Crippen molar-refractivity contribution in [2.75, 3.05) is 12.3 Å². The number of benzene rings is 1. The van der Waals surface area contributed by atoms with Crippen molar-refractivity contribution in [3.05, 3.63) is 47.2 Å². The van der Waals surface area contributed by atoms with Gasteiger partial charge in [0, 0.05) is 11.2 Å². The summed E-state index contributed by atoms with van der Waals surface area (Å²) in [6, 6.07) is 7.02. The Morgan fingerprint density at radius 1 is 1.35 bits per heavy atom. The normalized spacial score (nSPS) is 14.7. The number of ether oxygens (including phenoxy) is 1. The van der Waals surface area contributed by atoms with Crippen molar-refractivity contribution in [1.29, 1.82) is 0 Å². The molecule has 2 N–H and O–H groups in total. The molecule has 0 amide bonds. The monoisotopic (exact) mass is 354 g/mol. The first-order valence-corrected chi connectivity index (χ1v) is 8.86. The van der Waals surface area contributed by atoms with E-state index in [-0.39, 0.29) is 21.3 Å². The Hall–Kier alpha value is -1.99. The molecule has 2 aromatic rings. The molecule has 1 saturated carbocycles. The number of hydrogen-bond acceptors (Lipinski definition) is 5. The molecule has 1 aliphatic carbocycles. The van der Waals surface area contributed by atoms with Crippen LogP contribution in [0.25, 0.3) is 0 Å². The number of nitrogens with two attached hydrogens (primary N) is 1. The number of anilines is 1. The lowest BCUT2D eigenvalue weighted by Crippen LogP contribution is -2.20. The summed E-state index contributed by atoms with van der Waals surface area (Å²) in [5.74, 6) is -0.284. The van der Waals surface area contributed by atoms with E-state index in [0.29, 0.717) is 12.5 Å². The van der Waals surface area contributed by atoms with E-state index < -0.39 is 16.0 Å². The first kappa shape index (κ1) is 15.9. The van der Waals surface area contributed by atoms with Crippen molar-refractivity contribution in [1.82, 2.24) is 3.97 Å². The third kappa shape index (κ3) is 3.20. The van der Waals surface area contributed by atoms with Gasteiger partial charge in [-0.05, 0) is 49.1 Å². The molecule has 6 nitrogen and oxygen atoms in total. The van der Waals surface area contributed by atoms with E-state index in [4.69, 9.17) is 22.1 Å². The lowest BCUT2D eigenvalue weighted by Gasteiger charge is -2.12. The van der Waals surface area contributed by atoms with E-state index in [1.54, 1.807) is 0 Å². The van der Waals surface area contributed by atoms with Gasteiger partial charge in [-0.15, -0.1) is 0 Å². The molecular weight excluding hydrogens is 340 g/mol. The molecule has 1 aromatic carbocycles. The van der Waals surface area contributed by atoms with Crippen LogP contribution in [0.15, 0.2) is 41.4 Å². The average molecular weight is 355 g/mol. The van der Waals surface area contributed by atoms with Crippen LogP contribution in [0.3, 0.4) is 0 Å². The van der Waals surface area contributed by atoms with Crippen molar-refractivity contribution in [2.45, 2.75) is 17.7 Å². The molecular formula is C15H15ClN2O4S. The maximum Gasteiger partial charge on any atom is 0.356 e. The second-order valence-corrected chi connectivity index (χ2v) is 7.64. The molecule has 1 fully saturated rings. The molecule has 0 spiro atoms. The van der Waals surface area contributed by atoms with E-state index in [9.17, 15) is 13.2 Å². The summed E-state index contributed by atoms with van der Waals surface area (Å²) in [4.78, 5) is 12.0. The number of nitrogens with zero attached hydrogens (tertiary/aromatic N) is 1. The molecule has 8 heteroatoms. The zero-order chi connectivity index (χ0) is 16.6. The van der Waals surface area contributed by atoms with Crippen molar-refractivity contribution >= 4 is 33.3 Å². The van der Waals surface area contributed by atoms with Gasteiger partial charge in [0.15, 0.2) is 0 Å². The van der Waals surface area contributed by atoms with Crippen LogP contribution < -0.4 is 5.73 Å². The van der Waals surface area contributed by atoms with Gasteiger partial charge < -0.3 is 10.5 Å². The van der Waals surface area contributed by atoms with Crippen molar-refractivity contribution in [3.63, 3.8) is 0 Å². The van der Waals surface area contributed by atoms with Gasteiger partial charge in [-0.2, -0.15) is 0 Å². The van der Waals surface area contributed by atoms with Gasteiger partial charge in [-0.25, -0.2) is 17.2 Å². The molecule has 0 unspecified atom stereocenters. The van der Waals surface area contributed by atoms with Crippen LogP contribution in [0, 0.1) is 5.92 Å². The van der Waals surface area contributed by atoms with E-state index in [2.05, 4.69) is 0 Å². The standard InChI is InChI=1S/C15H15ClN2O4S/c16-11-5-6-12(17)14(8-11)23(20,21)18-7-1-2-13(18)15(19)22-9-10-3-4-10/h1-2,5-8,10H,3-4,9,17H2. The summed E-state index contributed by atoms with van der Waals surface area (Å²) in [5, 5.41) is 0.239. The molecule has 0 atom stereocenters. The Balaban J connectivity index is 1.96. The summed E-state index contributed by atoms with van der Waals surface area (Å²) < 4.78 is 31.5. The quantitative estimate of drug-likeness (QED) is 0.658. The first-order chi connectivity index (χ1) is 10.9. The molecule has 3 rings (SSSR count). The van der Waals surface area contributed by atoms with Gasteiger partial charge >= 0.3 is 5.97 Å². The van der Waals surface area contributed by atoms with E-state index in [1.165, 1.54) is 36.5 Å². The maximum atomic E-state index is 12.8. The van der Waals surface area contributed by atoms with Crippen molar-refractivity contribution < 1.29 is 17.9 Å². The van der Waals surface area contributed by atoms with Crippen LogP contribution in [0.1, 0.15) is 23.3 Å². The molecule has 0 aliphatic heterocycles. The van der Waals surface area contributed by atoms with Crippen molar-refractivity contribution in [3.8, 4) is 0 Å². The zero-order valence-electron chi connectivity index (χ0n) is 12.1. The van der Waals surface area contributed by atoms with Crippen LogP contribution in [0.5, 0.6) is 0 Å². The highest BCUT2D eigenvalue weighted by Gasteiger charge is 2.28. The van der Waals surface area contributed by atoms with E-state index >= 15 is 0 Å². The zero-order valence-corrected chi connectivity index (χ0v) is 13.7. The van der Waals surface area contributed by atoms with E-state index in [1.807, 2.05) is 0 Å². The molecule has 0 bridgehead atoms. The second kappa shape index (κ2) is 5.90. The minimum Gasteiger partial charge on any atom is -0.461 e. The number of halogens is 1. The number of rotatable bonds is 5. The minimum atomic E-state index is -4.04. The summed E-state index contributed by atoms with van der Waals surface area (Å²) in [6.07, 6.45) is 3.35. The van der Waals surface area contributed by atoms with Crippen LogP contribution in [-0.2, 0) is 14.8 Å². The summed E-state index contributed by atoms with van der Waals surface area (Å²) in [6.45, 7) is 0.309. The van der Waals surface area contributed by atoms with Gasteiger partial charge in [0.1, 0.15) is 10.6 Å². The first-order valence-electron chi connectivity index (χ1n) is 7.04. The average Bonchev–Trinajstić information content (AvgIpc) is 3.20. The minimum absolute atomic E-state index is 0.0559. The molecule has 23 heavy (non-hydrogen) atoms. The molecule has 0 saturated heterocycles. The van der Waals surface area contributed by atoms with Crippen LogP contribution >= 0.6 is 11.6 Å². The molecule has 1 aliphatic rings. The van der Waals surface area contributed by atoms with Crippen LogP contribution in [0.2, 0.25) is 5.02 Å². The topological polar surface area (TPSA) is 91.4 Å². The fourth-order valence-electron chi connectivity index (χ4n) is 2.12. The molecule has 0 radical (unpaired) electrons. The highest BCUT2D eigenvalue weighted by Crippen LogP contribution is 2.29. The van der Waals surface area contributed by atoms with Gasteiger partial charge in [0.05, 0.1) is 12.3 Å². The number of esters is 1. The van der Waals surface area contributed by atoms with Gasteiger partial charge in [0.25, 0.3) is 10.0 Å². The summed E-state index contributed by atoms with van der Waals surface area (Å²) in [7, 11) is -4.04. The van der Waals surface area contributed by atoms with Crippen molar-refractivity contribution in [2.24, 2.45) is 5.92 Å². The van der Waals surface area contributed by atoms with E-state index in [0.717, 1.165) is 16.8 Å². The Morgan fingerprint density at radius 2 is 2.09 bits per heavy atom. The smallest absolute Gasteiger partial charge is 0.356 e. The van der Waals surface area contributed by atoms with Gasteiger partial charge in [-0.3, -0.25) is 0 Å². The number of carbonyl (C=O) groups excluding carboxylic acids is 1. The number of aromatic nitrogens is 1. The fourth-order valence-corrected chi connectivity index (χ4v) is 3.84. The molecule has 1 aromatic heterocycles. The third-order valence-corrected chi connectivity index (χ3v) is 5.56. The second-order valence-electron chi connectivity index (χ2n) is 5.42. The SMILES string of the molecule is Nc1ccc(Cl)cc1S(=O)(=O)n1cccc1C(=O)OCC1CC1. The molecule has 1 heterocycles. The number of hydrogen-bond donors (Lipinski definition) is 1. The number of carbonyl (C=O) groups is 1. The largest absolute Gasteiger partial charge is 0.461 e. The maximum absolute atomic E-state index is 12.8. The number of nitrogen functional groups attached to an aromatic ring is 1. The summed E-state index contributed by atoms with van der Waals surface area (Å²) >= 11 is 5.86. The highest BCUT2D eigenvalue weighted by atomic mass is 35.5. The third-order valence-electron chi connectivity index (χ3n) is 3.58. The predicted molar refractivity (Wildman–Crippen MR) is 85.9 cm³/mol. The predicted octanol–water partition coefficient (Wildman–Crippen LogP) is 2.53. The van der Waals surface area contributed by atoms with Crippen LogP contribution in [-0.4, -0.2) is 25.0 Å². The van der Waals surface area contributed by atoms with Crippen LogP contribution in [0.4, 0.5) is 5.69 Å². The fraction of sp³-hybridized carbons (Fsp3) is 0.267. The lowest BCUT2D eigenvalue weighted by atomic mass is 10.3. The van der Waals surface area contributed by atoms with Gasteiger partial charge in [-0.1, -0.05) is 11.6 Å². The Morgan fingerprint density at radius 3 is 2.78 bits per heavy atom. The Kier molecular flexibility index (Phi) is 4.08. The molecule has 122 valence electrons. The Labute approximate surface area is 138 Å². The lowest BCUT2D eigenvalue weighted by molar-refractivity contribution is 0.0478. The highest BCUT2D eigenvalue weighted by molar-refractivity contribution is 7.90. The summed E-state index contributed by atoms with van der Waals surface area (Å²) in [5.41, 5.74) is 5.74.